The lowest BCUT2D eigenvalue weighted by atomic mass is 10.3. The fraction of sp³-hybridized carbons (Fsp3) is 0.300. The molecule has 0 amide bonds. The second kappa shape index (κ2) is 5.64. The fourth-order valence-electron chi connectivity index (χ4n) is 1.38. The van der Waals surface area contributed by atoms with Gasteiger partial charge < -0.3 is 10.8 Å². The predicted octanol–water partition coefficient (Wildman–Crippen LogP) is 1.05. The highest BCUT2D eigenvalue weighted by Crippen LogP contribution is 2.23. The number of hydrogen-bond donors (Lipinski definition) is 2. The third-order valence-corrected chi connectivity index (χ3v) is 4.69. The van der Waals surface area contributed by atoms with Crippen LogP contribution in [0.25, 0.3) is 0 Å². The molecule has 1 aromatic rings. The molecule has 5 nitrogen and oxygen atoms in total. The van der Waals surface area contributed by atoms with E-state index in [2.05, 4.69) is 0 Å². The maximum atomic E-state index is 12.9. The van der Waals surface area contributed by atoms with Crippen LogP contribution in [-0.2, 0) is 14.6 Å². The van der Waals surface area contributed by atoms with Gasteiger partial charge in [0, 0.05) is 0 Å². The van der Waals surface area contributed by atoms with E-state index in [1.165, 1.54) is 0 Å². The molecule has 1 aromatic carbocycles. The van der Waals surface area contributed by atoms with Gasteiger partial charge >= 0.3 is 5.97 Å². The maximum Gasteiger partial charge on any atom is 0.322 e. The lowest BCUT2D eigenvalue weighted by molar-refractivity contribution is -0.136. The molecule has 0 aliphatic heterocycles. The first kappa shape index (κ1) is 14.9. The van der Waals surface area contributed by atoms with E-state index in [-0.39, 0.29) is 22.9 Å². The number of rotatable bonds is 5. The summed E-state index contributed by atoms with van der Waals surface area (Å²) >= 11 is 5.47. The Kier molecular flexibility index (Phi) is 4.66. The lowest BCUT2D eigenvalue weighted by Gasteiger charge is -2.12. The van der Waals surface area contributed by atoms with Crippen LogP contribution in [0, 0.1) is 5.82 Å². The van der Waals surface area contributed by atoms with Gasteiger partial charge in [0.1, 0.15) is 5.82 Å². The van der Waals surface area contributed by atoms with Crippen LogP contribution in [-0.4, -0.2) is 31.3 Å². The molecule has 1 atom stereocenters. The summed E-state index contributed by atoms with van der Waals surface area (Å²) in [5.74, 6) is -2.28. The summed E-state index contributed by atoms with van der Waals surface area (Å²) < 4.78 is 37.0. The average molecular weight is 296 g/mol. The molecule has 3 N–H and O–H groups in total. The van der Waals surface area contributed by atoms with Crippen LogP contribution < -0.4 is 5.73 Å². The first-order valence-electron chi connectivity index (χ1n) is 4.92. The van der Waals surface area contributed by atoms with Gasteiger partial charge in [0.15, 0.2) is 15.1 Å². The molecule has 0 radical (unpaired) electrons. The molecular weight excluding hydrogens is 285 g/mol. The van der Waals surface area contributed by atoms with Crippen molar-refractivity contribution in [1.82, 2.24) is 0 Å². The molecule has 0 spiro atoms. The minimum atomic E-state index is -4.13. The van der Waals surface area contributed by atoms with E-state index in [9.17, 15) is 17.6 Å². The van der Waals surface area contributed by atoms with Gasteiger partial charge in [-0.2, -0.15) is 0 Å². The Morgan fingerprint density at radius 3 is 2.56 bits per heavy atom. The van der Waals surface area contributed by atoms with Crippen LogP contribution in [0.5, 0.6) is 0 Å². The summed E-state index contributed by atoms with van der Waals surface area (Å²) in [6, 6.07) is 2.73. The Labute approximate surface area is 108 Å². The van der Waals surface area contributed by atoms with E-state index in [0.717, 1.165) is 18.2 Å². The number of nitrogens with two attached hydrogens (primary N) is 1. The molecule has 0 fully saturated rings. The van der Waals surface area contributed by atoms with Crippen molar-refractivity contribution in [2.24, 2.45) is 5.73 Å². The minimum Gasteiger partial charge on any atom is -0.480 e. The number of benzene rings is 1. The summed E-state index contributed by atoms with van der Waals surface area (Å²) in [7, 11) is -4.13. The van der Waals surface area contributed by atoms with Gasteiger partial charge in [-0.1, -0.05) is 11.6 Å². The van der Waals surface area contributed by atoms with Crippen molar-refractivity contribution in [3.8, 4) is 0 Å². The SMILES string of the molecule is NCCC(C(=O)O)S(=O)(=O)c1ccc(F)c(Cl)c1. The summed E-state index contributed by atoms with van der Waals surface area (Å²) in [6.07, 6.45) is -0.230. The summed E-state index contributed by atoms with van der Waals surface area (Å²) in [5.41, 5.74) is 5.18. The van der Waals surface area contributed by atoms with Crippen molar-refractivity contribution >= 4 is 27.4 Å². The molecule has 0 aliphatic carbocycles. The molecule has 18 heavy (non-hydrogen) atoms. The van der Waals surface area contributed by atoms with Crippen molar-refractivity contribution in [3.63, 3.8) is 0 Å². The molecule has 1 unspecified atom stereocenters. The highest BCUT2D eigenvalue weighted by Gasteiger charge is 2.33. The monoisotopic (exact) mass is 295 g/mol. The van der Waals surface area contributed by atoms with Crippen LogP contribution in [0.15, 0.2) is 23.1 Å². The zero-order valence-electron chi connectivity index (χ0n) is 9.14. The van der Waals surface area contributed by atoms with Gasteiger partial charge in [-0.3, -0.25) is 4.79 Å². The van der Waals surface area contributed by atoms with E-state index in [0.29, 0.717) is 0 Å². The van der Waals surface area contributed by atoms with Crippen LogP contribution in [0.3, 0.4) is 0 Å². The number of sulfone groups is 1. The summed E-state index contributed by atoms with van der Waals surface area (Å²) in [6.45, 7) is -0.0921. The smallest absolute Gasteiger partial charge is 0.322 e. The van der Waals surface area contributed by atoms with Gasteiger partial charge in [0.05, 0.1) is 9.92 Å². The van der Waals surface area contributed by atoms with Crippen LogP contribution in [0.2, 0.25) is 5.02 Å². The lowest BCUT2D eigenvalue weighted by Crippen LogP contribution is -2.32. The maximum absolute atomic E-state index is 12.9. The zero-order valence-corrected chi connectivity index (χ0v) is 10.7. The van der Waals surface area contributed by atoms with E-state index in [1.54, 1.807) is 0 Å². The Balaban J connectivity index is 3.26. The predicted molar refractivity (Wildman–Crippen MR) is 63.7 cm³/mol. The number of halogens is 2. The zero-order chi connectivity index (χ0) is 13.9. The highest BCUT2D eigenvalue weighted by atomic mass is 35.5. The Morgan fingerprint density at radius 1 is 1.50 bits per heavy atom. The van der Waals surface area contributed by atoms with Gasteiger partial charge in [-0.05, 0) is 31.2 Å². The number of carbonyl (C=O) groups is 1. The fourth-order valence-corrected chi connectivity index (χ4v) is 3.21. The second-order valence-corrected chi connectivity index (χ2v) is 6.06. The van der Waals surface area contributed by atoms with Crippen molar-refractivity contribution < 1.29 is 22.7 Å². The third kappa shape index (κ3) is 2.98. The Bertz CT molecular complexity index is 561. The van der Waals surface area contributed by atoms with Gasteiger partial charge in [-0.15, -0.1) is 0 Å². The molecule has 0 bridgehead atoms. The first-order chi connectivity index (χ1) is 8.30. The molecule has 100 valence electrons. The molecule has 0 saturated carbocycles. The third-order valence-electron chi connectivity index (χ3n) is 2.30. The Hall–Kier alpha value is -1.18. The average Bonchev–Trinajstić information content (AvgIpc) is 2.28. The number of hydrogen-bond acceptors (Lipinski definition) is 4. The van der Waals surface area contributed by atoms with Crippen molar-refractivity contribution in [3.05, 3.63) is 29.0 Å². The second-order valence-electron chi connectivity index (χ2n) is 3.53. The van der Waals surface area contributed by atoms with Gasteiger partial charge in [0.2, 0.25) is 0 Å². The van der Waals surface area contributed by atoms with Gasteiger partial charge in [-0.25, -0.2) is 12.8 Å². The number of carboxylic acid groups (broad SMARTS) is 1. The van der Waals surface area contributed by atoms with Crippen molar-refractivity contribution in [1.29, 1.82) is 0 Å². The molecular formula is C10H11ClFNO4S. The molecule has 8 heteroatoms. The Morgan fingerprint density at radius 2 is 2.11 bits per heavy atom. The first-order valence-corrected chi connectivity index (χ1v) is 6.85. The molecule has 0 aromatic heterocycles. The standard InChI is InChI=1S/C10H11ClFNO4S/c11-7-5-6(1-2-8(7)12)18(16,17)9(3-4-13)10(14)15/h1-2,5,9H,3-4,13H2,(H,14,15). The molecule has 0 saturated heterocycles. The van der Waals surface area contributed by atoms with Crippen LogP contribution in [0.1, 0.15) is 6.42 Å². The van der Waals surface area contributed by atoms with E-state index >= 15 is 0 Å². The van der Waals surface area contributed by atoms with E-state index < -0.39 is 26.9 Å². The van der Waals surface area contributed by atoms with Crippen molar-refractivity contribution in [2.75, 3.05) is 6.54 Å². The topological polar surface area (TPSA) is 97.5 Å². The molecule has 0 heterocycles. The van der Waals surface area contributed by atoms with Crippen LogP contribution in [0.4, 0.5) is 4.39 Å². The largest absolute Gasteiger partial charge is 0.480 e. The quantitative estimate of drug-likeness (QED) is 0.792. The molecule has 0 aliphatic rings. The molecule has 1 rings (SSSR count). The normalized spacial score (nSPS) is 13.3. The van der Waals surface area contributed by atoms with Crippen molar-refractivity contribution in [2.45, 2.75) is 16.6 Å². The number of aliphatic carboxylic acids is 1. The summed E-state index contributed by atoms with van der Waals surface area (Å²) in [5, 5.41) is 6.84. The summed E-state index contributed by atoms with van der Waals surface area (Å²) in [4.78, 5) is 10.6. The van der Waals surface area contributed by atoms with Gasteiger partial charge in [0.25, 0.3) is 0 Å². The van der Waals surface area contributed by atoms with Crippen LogP contribution >= 0.6 is 11.6 Å². The highest BCUT2D eigenvalue weighted by molar-refractivity contribution is 7.92. The number of carboxylic acids is 1. The van der Waals surface area contributed by atoms with E-state index in [4.69, 9.17) is 22.4 Å². The minimum absolute atomic E-state index is 0.0921. The van der Waals surface area contributed by atoms with E-state index in [1.807, 2.05) is 0 Å².